The second kappa shape index (κ2) is 7.91. The Balaban J connectivity index is 1.98. The molecule has 0 atom stereocenters. The molecule has 3 N–H and O–H groups in total. The predicted octanol–water partition coefficient (Wildman–Crippen LogP) is 3.31. The maximum Gasteiger partial charge on any atom is 0.341 e. The van der Waals surface area contributed by atoms with Crippen molar-refractivity contribution in [3.8, 4) is 5.75 Å². The van der Waals surface area contributed by atoms with E-state index < -0.39 is 5.97 Å². The number of benzene rings is 2. The Morgan fingerprint density at radius 3 is 2.63 bits per heavy atom. The Kier molecular flexibility index (Phi) is 5.41. The molecule has 5 nitrogen and oxygen atoms in total. The van der Waals surface area contributed by atoms with E-state index in [2.05, 4.69) is 13.0 Å². The van der Waals surface area contributed by atoms with Crippen molar-refractivity contribution in [1.29, 1.82) is 0 Å². The Morgan fingerprint density at radius 1 is 1.15 bits per heavy atom. The monoisotopic (exact) mass is 363 g/mol. The highest BCUT2D eigenvalue weighted by Gasteiger charge is 2.16. The zero-order valence-corrected chi connectivity index (χ0v) is 15.1. The lowest BCUT2D eigenvalue weighted by molar-refractivity contribution is -0.139. The molecule has 0 spiro atoms. The summed E-state index contributed by atoms with van der Waals surface area (Å²) in [5, 5.41) is 8.83. The zero-order chi connectivity index (χ0) is 19.4. The average Bonchev–Trinajstić information content (AvgIpc) is 3.03. The minimum atomic E-state index is -1.01. The zero-order valence-electron chi connectivity index (χ0n) is 15.1. The molecule has 0 aromatic heterocycles. The van der Waals surface area contributed by atoms with Crippen LogP contribution in [0.1, 0.15) is 34.7 Å². The summed E-state index contributed by atoms with van der Waals surface area (Å²) in [4.78, 5) is 22.1. The van der Waals surface area contributed by atoms with Crippen molar-refractivity contribution < 1.29 is 19.4 Å². The number of amides is 1. The van der Waals surface area contributed by atoms with Gasteiger partial charge in [-0.15, -0.1) is 0 Å². The molecule has 0 aliphatic heterocycles. The number of carbonyl (C=O) groups is 2. The number of rotatable bonds is 7. The summed E-state index contributed by atoms with van der Waals surface area (Å²) in [5.74, 6) is -0.808. The summed E-state index contributed by atoms with van der Waals surface area (Å²) < 4.78 is 5.39. The first-order chi connectivity index (χ1) is 13.0. The van der Waals surface area contributed by atoms with E-state index in [1.807, 2.05) is 42.5 Å². The summed E-state index contributed by atoms with van der Waals surface area (Å²) in [6, 6.07) is 11.5. The first-order valence-corrected chi connectivity index (χ1v) is 8.76. The van der Waals surface area contributed by atoms with Crippen LogP contribution in [0.15, 0.2) is 42.5 Å². The maximum absolute atomic E-state index is 11.3. The molecule has 0 heterocycles. The third-order valence-corrected chi connectivity index (χ3v) is 4.50. The molecule has 5 heteroatoms. The summed E-state index contributed by atoms with van der Waals surface area (Å²) >= 11 is 0. The molecule has 138 valence electrons. The smallest absolute Gasteiger partial charge is 0.341 e. The van der Waals surface area contributed by atoms with Gasteiger partial charge in [0.25, 0.3) is 0 Å². The van der Waals surface area contributed by atoms with Crippen LogP contribution in [0, 0.1) is 0 Å². The second-order valence-electron chi connectivity index (χ2n) is 6.31. The van der Waals surface area contributed by atoms with E-state index in [4.69, 9.17) is 15.6 Å². The van der Waals surface area contributed by atoms with Crippen molar-refractivity contribution in [3.63, 3.8) is 0 Å². The minimum Gasteiger partial charge on any atom is -0.481 e. The predicted molar refractivity (Wildman–Crippen MR) is 105 cm³/mol. The van der Waals surface area contributed by atoms with E-state index in [0.29, 0.717) is 5.75 Å². The number of carbonyl (C=O) groups excluding carboxylic acids is 1. The van der Waals surface area contributed by atoms with E-state index in [9.17, 15) is 9.59 Å². The molecule has 2 aromatic carbocycles. The summed E-state index contributed by atoms with van der Waals surface area (Å²) in [6.45, 7) is 1.68. The lowest BCUT2D eigenvalue weighted by Gasteiger charge is -2.12. The summed E-state index contributed by atoms with van der Waals surface area (Å²) in [6.07, 6.45) is 7.00. The fraction of sp³-hybridized carbons (Fsp3) is 0.182. The van der Waals surface area contributed by atoms with Crippen molar-refractivity contribution in [1.82, 2.24) is 0 Å². The molecule has 0 fully saturated rings. The molecule has 2 aromatic rings. The highest BCUT2D eigenvalue weighted by Crippen LogP contribution is 2.37. The van der Waals surface area contributed by atoms with Crippen molar-refractivity contribution in [2.75, 3.05) is 6.61 Å². The number of hydrogen-bond acceptors (Lipinski definition) is 3. The lowest BCUT2D eigenvalue weighted by atomic mass is 9.94. The second-order valence-corrected chi connectivity index (χ2v) is 6.31. The van der Waals surface area contributed by atoms with Crippen LogP contribution in [0.4, 0.5) is 0 Å². The minimum absolute atomic E-state index is 0.222. The van der Waals surface area contributed by atoms with E-state index in [1.54, 1.807) is 6.07 Å². The van der Waals surface area contributed by atoms with Crippen molar-refractivity contribution >= 4 is 29.6 Å². The van der Waals surface area contributed by atoms with E-state index in [1.165, 1.54) is 0 Å². The van der Waals surface area contributed by atoms with Gasteiger partial charge in [0, 0.05) is 5.56 Å². The average molecular weight is 363 g/mol. The van der Waals surface area contributed by atoms with E-state index in [0.717, 1.165) is 39.8 Å². The Bertz CT molecular complexity index is 957. The van der Waals surface area contributed by atoms with Gasteiger partial charge in [0.2, 0.25) is 5.91 Å². The number of fused-ring (bicyclic) bond motifs is 1. The van der Waals surface area contributed by atoms with Crippen LogP contribution in [0.25, 0.3) is 17.7 Å². The fourth-order valence-electron chi connectivity index (χ4n) is 3.36. The van der Waals surface area contributed by atoms with Crippen LogP contribution in [0.2, 0.25) is 0 Å². The van der Waals surface area contributed by atoms with Crippen LogP contribution >= 0.6 is 0 Å². The van der Waals surface area contributed by atoms with E-state index in [-0.39, 0.29) is 18.9 Å². The van der Waals surface area contributed by atoms with E-state index >= 15 is 0 Å². The van der Waals surface area contributed by atoms with Gasteiger partial charge in [-0.1, -0.05) is 49.4 Å². The van der Waals surface area contributed by atoms with Gasteiger partial charge in [-0.2, -0.15) is 0 Å². The van der Waals surface area contributed by atoms with Gasteiger partial charge in [-0.25, -0.2) is 4.79 Å². The van der Waals surface area contributed by atoms with Gasteiger partial charge in [0.05, 0.1) is 6.42 Å². The molecular formula is C22H21NO4. The SMILES string of the molecule is CCc1c(C=C2C=Cc3c(OCC(=O)O)cccc32)cccc1CC(N)=O. The number of aliphatic carboxylic acids is 1. The molecule has 1 amide bonds. The quantitative estimate of drug-likeness (QED) is 0.790. The number of hydrogen-bond donors (Lipinski definition) is 2. The highest BCUT2D eigenvalue weighted by molar-refractivity contribution is 5.99. The summed E-state index contributed by atoms with van der Waals surface area (Å²) in [5.41, 5.74) is 11.3. The van der Waals surface area contributed by atoms with Crippen molar-refractivity contribution in [2.45, 2.75) is 19.8 Å². The number of carboxylic acid groups (broad SMARTS) is 1. The molecule has 0 saturated heterocycles. The molecule has 0 saturated carbocycles. The number of primary amides is 1. The molecule has 0 unspecified atom stereocenters. The highest BCUT2D eigenvalue weighted by atomic mass is 16.5. The first-order valence-electron chi connectivity index (χ1n) is 8.76. The van der Waals surface area contributed by atoms with Crippen LogP contribution in [0.5, 0.6) is 5.75 Å². The Hall–Kier alpha value is -3.34. The van der Waals surface area contributed by atoms with Crippen LogP contribution in [-0.2, 0) is 22.4 Å². The molecular weight excluding hydrogens is 342 g/mol. The van der Waals surface area contributed by atoms with Crippen molar-refractivity contribution in [3.05, 3.63) is 70.3 Å². The fourth-order valence-corrected chi connectivity index (χ4v) is 3.36. The number of carboxylic acids is 1. The van der Waals surface area contributed by atoms with Crippen LogP contribution in [-0.4, -0.2) is 23.6 Å². The van der Waals surface area contributed by atoms with Gasteiger partial charge in [-0.3, -0.25) is 4.79 Å². The van der Waals surface area contributed by atoms with Crippen LogP contribution < -0.4 is 10.5 Å². The number of ether oxygens (including phenoxy) is 1. The molecule has 3 rings (SSSR count). The van der Waals surface area contributed by atoms with Crippen LogP contribution in [0.3, 0.4) is 0 Å². The molecule has 1 aliphatic carbocycles. The summed E-state index contributed by atoms with van der Waals surface area (Å²) in [7, 11) is 0. The third-order valence-electron chi connectivity index (χ3n) is 4.50. The molecule has 0 bridgehead atoms. The molecule has 27 heavy (non-hydrogen) atoms. The molecule has 0 radical (unpaired) electrons. The Labute approximate surface area is 157 Å². The van der Waals surface area contributed by atoms with Gasteiger partial charge in [-0.05, 0) is 46.4 Å². The van der Waals surface area contributed by atoms with Crippen molar-refractivity contribution in [2.24, 2.45) is 5.73 Å². The van der Waals surface area contributed by atoms with Gasteiger partial charge >= 0.3 is 5.97 Å². The number of nitrogens with two attached hydrogens (primary N) is 1. The standard InChI is InChI=1S/C22H21NO4/c1-2-17-14(5-3-6-15(17)12-21(23)24)11-16-9-10-19-18(16)7-4-8-20(19)27-13-22(25)26/h3-11H,2,12-13H2,1H3,(H2,23,24)(H,25,26). The van der Waals surface area contributed by atoms with Gasteiger partial charge in [0.1, 0.15) is 5.75 Å². The lowest BCUT2D eigenvalue weighted by Crippen LogP contribution is -2.15. The first kappa shape index (κ1) is 18.5. The normalized spacial score (nSPS) is 13.6. The number of allylic oxidation sites excluding steroid dienone is 2. The maximum atomic E-state index is 11.3. The van der Waals surface area contributed by atoms with Gasteiger partial charge in [0.15, 0.2) is 6.61 Å². The largest absolute Gasteiger partial charge is 0.481 e. The van der Waals surface area contributed by atoms with Gasteiger partial charge < -0.3 is 15.6 Å². The third kappa shape index (κ3) is 4.08. The Morgan fingerprint density at radius 2 is 1.93 bits per heavy atom. The topological polar surface area (TPSA) is 89.6 Å². The molecule has 1 aliphatic rings.